The zero-order valence-electron chi connectivity index (χ0n) is 11.4. The molecule has 0 unspecified atom stereocenters. The van der Waals surface area contributed by atoms with E-state index in [2.05, 4.69) is 40.8 Å². The van der Waals surface area contributed by atoms with Crippen LogP contribution in [0.3, 0.4) is 0 Å². The molecule has 0 bridgehead atoms. The Kier molecular flexibility index (Phi) is 4.89. The first-order valence-corrected chi connectivity index (χ1v) is 7.64. The number of benzene rings is 2. The number of rotatable bonds is 3. The highest BCUT2D eigenvalue weighted by atomic mass is 79.9. The largest absolute Gasteiger partial charge is 0.322 e. The third-order valence-electron chi connectivity index (χ3n) is 3.16. The van der Waals surface area contributed by atoms with Gasteiger partial charge in [-0.25, -0.2) is 0 Å². The minimum absolute atomic E-state index is 0.101. The maximum atomic E-state index is 12.4. The first-order valence-electron chi connectivity index (χ1n) is 6.40. The van der Waals surface area contributed by atoms with Crippen LogP contribution in [0, 0.1) is 6.92 Å². The second kappa shape index (κ2) is 6.46. The fourth-order valence-electron chi connectivity index (χ4n) is 2.02. The number of nitrogens with one attached hydrogen (secondary N) is 1. The number of halogens is 1. The molecule has 0 aliphatic heterocycles. The molecule has 0 saturated heterocycles. The summed E-state index contributed by atoms with van der Waals surface area (Å²) in [7, 11) is 0. The van der Waals surface area contributed by atoms with Crippen LogP contribution in [0.5, 0.6) is 0 Å². The van der Waals surface area contributed by atoms with Gasteiger partial charge in [-0.2, -0.15) is 0 Å². The SMILES string of the molecule is CCc1cc(Br)ccc1NC(=O)c1cc(S)ccc1C. The van der Waals surface area contributed by atoms with Crippen molar-refractivity contribution in [2.75, 3.05) is 5.32 Å². The fourth-order valence-corrected chi connectivity index (χ4v) is 2.63. The maximum Gasteiger partial charge on any atom is 0.255 e. The Morgan fingerprint density at radius 2 is 2.00 bits per heavy atom. The third kappa shape index (κ3) is 3.44. The van der Waals surface area contributed by atoms with Gasteiger partial charge < -0.3 is 5.32 Å². The van der Waals surface area contributed by atoms with Gasteiger partial charge in [-0.15, -0.1) is 12.6 Å². The maximum absolute atomic E-state index is 12.4. The van der Waals surface area contributed by atoms with Crippen LogP contribution in [0.25, 0.3) is 0 Å². The monoisotopic (exact) mass is 349 g/mol. The summed E-state index contributed by atoms with van der Waals surface area (Å²) >= 11 is 7.73. The molecule has 0 heterocycles. The Hall–Kier alpha value is -1.26. The molecule has 2 rings (SSSR count). The second-order valence-electron chi connectivity index (χ2n) is 4.61. The van der Waals surface area contributed by atoms with Crippen LogP contribution in [0.4, 0.5) is 5.69 Å². The van der Waals surface area contributed by atoms with E-state index in [1.165, 1.54) is 0 Å². The Morgan fingerprint density at radius 1 is 1.25 bits per heavy atom. The Balaban J connectivity index is 2.30. The Bertz CT molecular complexity index is 655. The molecule has 1 N–H and O–H groups in total. The first kappa shape index (κ1) is 15.1. The predicted octanol–water partition coefficient (Wildman–Crippen LogP) is 4.86. The first-order chi connectivity index (χ1) is 9.51. The van der Waals surface area contributed by atoms with Gasteiger partial charge in [-0.3, -0.25) is 4.79 Å². The molecule has 1 amide bonds. The van der Waals surface area contributed by atoms with E-state index in [4.69, 9.17) is 0 Å². The van der Waals surface area contributed by atoms with Crippen LogP contribution >= 0.6 is 28.6 Å². The normalized spacial score (nSPS) is 10.4. The van der Waals surface area contributed by atoms with E-state index in [-0.39, 0.29) is 5.91 Å². The van der Waals surface area contributed by atoms with Crippen molar-refractivity contribution in [3.05, 3.63) is 57.6 Å². The lowest BCUT2D eigenvalue weighted by Gasteiger charge is -2.12. The summed E-state index contributed by atoms with van der Waals surface area (Å²) < 4.78 is 1.01. The lowest BCUT2D eigenvalue weighted by molar-refractivity contribution is 0.102. The molecule has 2 aromatic rings. The number of amides is 1. The lowest BCUT2D eigenvalue weighted by atomic mass is 10.1. The molecule has 0 spiro atoms. The zero-order valence-corrected chi connectivity index (χ0v) is 13.9. The van der Waals surface area contributed by atoms with Crippen molar-refractivity contribution in [1.29, 1.82) is 0 Å². The van der Waals surface area contributed by atoms with Crippen LogP contribution in [-0.4, -0.2) is 5.91 Å². The topological polar surface area (TPSA) is 29.1 Å². The molecule has 20 heavy (non-hydrogen) atoms. The number of hydrogen-bond acceptors (Lipinski definition) is 2. The van der Waals surface area contributed by atoms with Gasteiger partial charge in [0.15, 0.2) is 0 Å². The molecule has 0 aromatic heterocycles. The molecule has 2 nitrogen and oxygen atoms in total. The molecule has 0 saturated carbocycles. The van der Waals surface area contributed by atoms with Gasteiger partial charge in [-0.05, 0) is 54.8 Å². The van der Waals surface area contributed by atoms with Crippen molar-refractivity contribution in [3.63, 3.8) is 0 Å². The average molecular weight is 350 g/mol. The molecule has 0 atom stereocenters. The molecule has 4 heteroatoms. The smallest absolute Gasteiger partial charge is 0.255 e. The summed E-state index contributed by atoms with van der Waals surface area (Å²) in [5.74, 6) is -0.101. The van der Waals surface area contributed by atoms with Crippen molar-refractivity contribution in [2.24, 2.45) is 0 Å². The Morgan fingerprint density at radius 3 is 2.70 bits per heavy atom. The van der Waals surface area contributed by atoms with Crippen molar-refractivity contribution >= 4 is 40.2 Å². The molecular weight excluding hydrogens is 334 g/mol. The lowest BCUT2D eigenvalue weighted by Crippen LogP contribution is -2.14. The summed E-state index contributed by atoms with van der Waals surface area (Å²) in [6.07, 6.45) is 0.862. The molecule has 0 fully saturated rings. The zero-order chi connectivity index (χ0) is 14.7. The van der Waals surface area contributed by atoms with E-state index in [0.29, 0.717) is 5.56 Å². The third-order valence-corrected chi connectivity index (χ3v) is 3.93. The van der Waals surface area contributed by atoms with E-state index < -0.39 is 0 Å². The van der Waals surface area contributed by atoms with Gasteiger partial charge in [0.05, 0.1) is 0 Å². The number of thiol groups is 1. The van der Waals surface area contributed by atoms with E-state index >= 15 is 0 Å². The van der Waals surface area contributed by atoms with Crippen molar-refractivity contribution in [1.82, 2.24) is 0 Å². The minimum atomic E-state index is -0.101. The van der Waals surface area contributed by atoms with Gasteiger partial charge in [0.2, 0.25) is 0 Å². The minimum Gasteiger partial charge on any atom is -0.322 e. The van der Waals surface area contributed by atoms with E-state index in [0.717, 1.165) is 32.6 Å². The number of carbonyl (C=O) groups excluding carboxylic acids is 1. The standard InChI is InChI=1S/C16H16BrNOS/c1-3-11-8-12(17)5-7-15(11)18-16(19)14-9-13(20)6-4-10(14)2/h4-9,20H,3H2,1-2H3,(H,18,19). The van der Waals surface area contributed by atoms with Gasteiger partial charge in [0.25, 0.3) is 5.91 Å². The molecule has 0 radical (unpaired) electrons. The second-order valence-corrected chi connectivity index (χ2v) is 6.04. The van der Waals surface area contributed by atoms with E-state index in [9.17, 15) is 4.79 Å². The highest BCUT2D eigenvalue weighted by molar-refractivity contribution is 9.10. The Labute approximate surface area is 133 Å². The molecule has 0 aliphatic carbocycles. The van der Waals surface area contributed by atoms with Gasteiger partial charge in [0.1, 0.15) is 0 Å². The number of aryl methyl sites for hydroxylation is 2. The highest BCUT2D eigenvalue weighted by Crippen LogP contribution is 2.23. The summed E-state index contributed by atoms with van der Waals surface area (Å²) in [6.45, 7) is 3.99. The number of anilines is 1. The van der Waals surface area contributed by atoms with Crippen LogP contribution in [0.1, 0.15) is 28.4 Å². The molecule has 104 valence electrons. The van der Waals surface area contributed by atoms with E-state index in [1.54, 1.807) is 6.07 Å². The molecule has 0 aliphatic rings. The predicted molar refractivity (Wildman–Crippen MR) is 89.9 cm³/mol. The molecule has 2 aromatic carbocycles. The summed E-state index contributed by atoms with van der Waals surface area (Å²) in [5, 5.41) is 2.98. The summed E-state index contributed by atoms with van der Waals surface area (Å²) in [6, 6.07) is 11.4. The summed E-state index contributed by atoms with van der Waals surface area (Å²) in [5.41, 5.74) is 3.55. The highest BCUT2D eigenvalue weighted by Gasteiger charge is 2.11. The number of hydrogen-bond donors (Lipinski definition) is 2. The van der Waals surface area contributed by atoms with Gasteiger partial charge in [0, 0.05) is 20.6 Å². The van der Waals surface area contributed by atoms with Gasteiger partial charge in [-0.1, -0.05) is 28.9 Å². The van der Waals surface area contributed by atoms with Crippen molar-refractivity contribution < 1.29 is 4.79 Å². The van der Waals surface area contributed by atoms with Crippen LogP contribution in [-0.2, 0) is 6.42 Å². The molecular formula is C16H16BrNOS. The average Bonchev–Trinajstić information content (AvgIpc) is 2.43. The fraction of sp³-hybridized carbons (Fsp3) is 0.188. The van der Waals surface area contributed by atoms with Crippen molar-refractivity contribution in [3.8, 4) is 0 Å². The van der Waals surface area contributed by atoms with Crippen molar-refractivity contribution in [2.45, 2.75) is 25.2 Å². The van der Waals surface area contributed by atoms with Crippen LogP contribution in [0.15, 0.2) is 45.8 Å². The summed E-state index contributed by atoms with van der Waals surface area (Å²) in [4.78, 5) is 13.2. The van der Waals surface area contributed by atoms with Crippen LogP contribution in [0.2, 0.25) is 0 Å². The number of carbonyl (C=O) groups is 1. The van der Waals surface area contributed by atoms with E-state index in [1.807, 2.05) is 37.3 Å². The quantitative estimate of drug-likeness (QED) is 0.761. The van der Waals surface area contributed by atoms with Crippen LogP contribution < -0.4 is 5.32 Å². The van der Waals surface area contributed by atoms with Gasteiger partial charge >= 0.3 is 0 Å².